The van der Waals surface area contributed by atoms with Gasteiger partial charge in [0.1, 0.15) is 0 Å². The molecule has 0 spiro atoms. The van der Waals surface area contributed by atoms with Crippen molar-refractivity contribution in [2.45, 2.75) is 4.90 Å². The van der Waals surface area contributed by atoms with Crippen LogP contribution in [0.4, 0.5) is 5.69 Å². The number of amides is 2. The van der Waals surface area contributed by atoms with E-state index in [-0.39, 0.29) is 40.2 Å². The molecule has 0 radical (unpaired) electrons. The lowest BCUT2D eigenvalue weighted by Gasteiger charge is -2.34. The fraction of sp³-hybridized carbons (Fsp3) is 0.240. The van der Waals surface area contributed by atoms with Crippen LogP contribution in [0.3, 0.4) is 0 Å². The summed E-state index contributed by atoms with van der Waals surface area (Å²) in [5.74, 6) is -1.40. The highest BCUT2D eigenvalue weighted by atomic mass is 35.5. The van der Waals surface area contributed by atoms with Gasteiger partial charge in [0, 0.05) is 33.2 Å². The van der Waals surface area contributed by atoms with Gasteiger partial charge in [-0.3, -0.25) is 13.9 Å². The van der Waals surface area contributed by atoms with Gasteiger partial charge in [0.15, 0.2) is 12.4 Å². The SMILES string of the molecule is CN(c1ccccc1)S(=O)(=O)c1ccc(Cl)c(C(=O)OCC(=O)N2CCN(C(=O)c3ccco3)CC2)c1. The maximum absolute atomic E-state index is 13.1. The molecular formula is C25H24ClN3O7S. The number of halogens is 1. The molecule has 1 fully saturated rings. The number of nitrogens with zero attached hydrogens (tertiary/aromatic N) is 3. The summed E-state index contributed by atoms with van der Waals surface area (Å²) in [7, 11) is -2.59. The van der Waals surface area contributed by atoms with E-state index in [2.05, 4.69) is 0 Å². The molecule has 194 valence electrons. The second-order valence-corrected chi connectivity index (χ2v) is 10.6. The number of hydrogen-bond donors (Lipinski definition) is 0. The number of piperazine rings is 1. The Bertz CT molecular complexity index is 1390. The van der Waals surface area contributed by atoms with Crippen LogP contribution < -0.4 is 4.31 Å². The molecule has 1 aliphatic rings. The van der Waals surface area contributed by atoms with E-state index in [0.29, 0.717) is 18.8 Å². The van der Waals surface area contributed by atoms with Crippen LogP contribution >= 0.6 is 11.6 Å². The van der Waals surface area contributed by atoms with Crippen LogP contribution in [0.1, 0.15) is 20.9 Å². The van der Waals surface area contributed by atoms with Crippen molar-refractivity contribution in [3.05, 3.63) is 83.3 Å². The van der Waals surface area contributed by atoms with Crippen molar-refractivity contribution in [3.63, 3.8) is 0 Å². The van der Waals surface area contributed by atoms with Gasteiger partial charge >= 0.3 is 5.97 Å². The largest absolute Gasteiger partial charge is 0.459 e. The fourth-order valence-corrected chi connectivity index (χ4v) is 5.18. The average molecular weight is 546 g/mol. The van der Waals surface area contributed by atoms with Gasteiger partial charge in [-0.15, -0.1) is 0 Å². The van der Waals surface area contributed by atoms with Crippen molar-refractivity contribution in [1.29, 1.82) is 0 Å². The second kappa shape index (κ2) is 11.1. The number of hydrogen-bond acceptors (Lipinski definition) is 7. The van der Waals surface area contributed by atoms with Crippen molar-refractivity contribution in [2.24, 2.45) is 0 Å². The molecule has 4 rings (SSSR count). The Morgan fingerprint density at radius 1 is 0.973 bits per heavy atom. The molecular weight excluding hydrogens is 522 g/mol. The zero-order valence-electron chi connectivity index (χ0n) is 19.9. The number of rotatable bonds is 7. The monoisotopic (exact) mass is 545 g/mol. The van der Waals surface area contributed by atoms with Gasteiger partial charge in [-0.1, -0.05) is 29.8 Å². The summed E-state index contributed by atoms with van der Waals surface area (Å²) >= 11 is 6.14. The lowest BCUT2D eigenvalue weighted by atomic mass is 10.2. The number of carbonyl (C=O) groups is 3. The number of ether oxygens (including phenoxy) is 1. The van der Waals surface area contributed by atoms with Crippen molar-refractivity contribution in [3.8, 4) is 0 Å². The van der Waals surface area contributed by atoms with Crippen LogP contribution in [0, 0.1) is 0 Å². The maximum atomic E-state index is 13.1. The lowest BCUT2D eigenvalue weighted by Crippen LogP contribution is -2.51. The van der Waals surface area contributed by atoms with Crippen molar-refractivity contribution >= 4 is 45.1 Å². The summed E-state index contributed by atoms with van der Waals surface area (Å²) in [4.78, 5) is 40.6. The van der Waals surface area contributed by atoms with E-state index in [4.69, 9.17) is 20.8 Å². The molecule has 1 aromatic heterocycles. The van der Waals surface area contributed by atoms with Crippen LogP contribution in [-0.4, -0.2) is 75.8 Å². The highest BCUT2D eigenvalue weighted by Crippen LogP contribution is 2.26. The first-order chi connectivity index (χ1) is 17.7. The molecule has 37 heavy (non-hydrogen) atoms. The number of carbonyl (C=O) groups excluding carboxylic acids is 3. The molecule has 1 aliphatic heterocycles. The summed E-state index contributed by atoms with van der Waals surface area (Å²) in [6.07, 6.45) is 1.42. The fourth-order valence-electron chi connectivity index (χ4n) is 3.77. The van der Waals surface area contributed by atoms with Crippen molar-refractivity contribution in [1.82, 2.24) is 9.80 Å². The molecule has 10 nitrogen and oxygen atoms in total. The Morgan fingerprint density at radius 3 is 2.30 bits per heavy atom. The smallest absolute Gasteiger partial charge is 0.340 e. The summed E-state index contributed by atoms with van der Waals surface area (Å²) < 4.78 is 37.5. The van der Waals surface area contributed by atoms with Gasteiger partial charge in [0.25, 0.3) is 21.8 Å². The minimum Gasteiger partial charge on any atom is -0.459 e. The van der Waals surface area contributed by atoms with Crippen molar-refractivity contribution < 1.29 is 32.0 Å². The third-order valence-electron chi connectivity index (χ3n) is 5.91. The molecule has 0 N–H and O–H groups in total. The van der Waals surface area contributed by atoms with E-state index in [0.717, 1.165) is 10.4 Å². The molecule has 0 bridgehead atoms. The number of para-hydroxylation sites is 1. The zero-order valence-corrected chi connectivity index (χ0v) is 21.4. The van der Waals surface area contributed by atoms with Gasteiger partial charge in [-0.2, -0.15) is 0 Å². The number of sulfonamides is 1. The predicted octanol–water partition coefficient (Wildman–Crippen LogP) is 2.90. The van der Waals surface area contributed by atoms with Gasteiger partial charge in [-0.25, -0.2) is 13.2 Å². The first-order valence-corrected chi connectivity index (χ1v) is 13.1. The molecule has 3 aromatic rings. The van der Waals surface area contributed by atoms with E-state index in [1.54, 1.807) is 47.4 Å². The Labute approximate surface area is 219 Å². The molecule has 12 heteroatoms. The quantitative estimate of drug-likeness (QED) is 0.419. The third kappa shape index (κ3) is 5.78. The van der Waals surface area contributed by atoms with Crippen molar-refractivity contribution in [2.75, 3.05) is 44.1 Å². The zero-order chi connectivity index (χ0) is 26.6. The van der Waals surface area contributed by atoms with Crippen LogP contribution in [0.5, 0.6) is 0 Å². The molecule has 1 saturated heterocycles. The van der Waals surface area contributed by atoms with E-state index >= 15 is 0 Å². The predicted molar refractivity (Wildman–Crippen MR) is 135 cm³/mol. The van der Waals surface area contributed by atoms with Gasteiger partial charge in [0.2, 0.25) is 0 Å². The minimum absolute atomic E-state index is 0.0104. The van der Waals surface area contributed by atoms with Crippen LogP contribution in [-0.2, 0) is 19.6 Å². The van der Waals surface area contributed by atoms with E-state index < -0.39 is 28.5 Å². The molecule has 2 amide bonds. The maximum Gasteiger partial charge on any atom is 0.340 e. The number of benzene rings is 2. The standard InChI is InChI=1S/C25H24ClN3O7S/c1-27(18-6-3-2-4-7-18)37(33,34)19-9-10-21(26)20(16-19)25(32)36-17-23(30)28-11-13-29(14-12-28)24(31)22-8-5-15-35-22/h2-10,15-16H,11-14,17H2,1H3. The average Bonchev–Trinajstić information content (AvgIpc) is 3.46. The van der Waals surface area contributed by atoms with Crippen LogP contribution in [0.2, 0.25) is 5.02 Å². The highest BCUT2D eigenvalue weighted by Gasteiger charge is 2.28. The summed E-state index contributed by atoms with van der Waals surface area (Å²) in [6, 6.07) is 15.4. The minimum atomic E-state index is -3.99. The van der Waals surface area contributed by atoms with Gasteiger partial charge in [-0.05, 0) is 42.5 Å². The first-order valence-electron chi connectivity index (χ1n) is 11.3. The first kappa shape index (κ1) is 26.2. The van der Waals surface area contributed by atoms with Crippen LogP contribution in [0.15, 0.2) is 76.2 Å². The highest BCUT2D eigenvalue weighted by molar-refractivity contribution is 7.92. The second-order valence-electron chi connectivity index (χ2n) is 8.18. The molecule has 0 aliphatic carbocycles. The normalized spacial score (nSPS) is 13.8. The summed E-state index contributed by atoms with van der Waals surface area (Å²) in [5, 5.41) is -0.0104. The number of furan rings is 1. The molecule has 0 atom stereocenters. The number of esters is 1. The Kier molecular flexibility index (Phi) is 7.84. The summed E-state index contributed by atoms with van der Waals surface area (Å²) in [5.41, 5.74) is 0.268. The van der Waals surface area contributed by atoms with Crippen LogP contribution in [0.25, 0.3) is 0 Å². The molecule has 0 unspecified atom stereocenters. The number of anilines is 1. The van der Waals surface area contributed by atoms with E-state index in [1.165, 1.54) is 30.3 Å². The molecule has 2 aromatic carbocycles. The Balaban J connectivity index is 1.36. The lowest BCUT2D eigenvalue weighted by molar-refractivity contribution is -0.136. The van der Waals surface area contributed by atoms with E-state index in [9.17, 15) is 22.8 Å². The van der Waals surface area contributed by atoms with E-state index in [1.807, 2.05) is 0 Å². The Hall–Kier alpha value is -3.83. The topological polar surface area (TPSA) is 117 Å². The molecule has 0 saturated carbocycles. The summed E-state index contributed by atoms with van der Waals surface area (Å²) in [6.45, 7) is 0.592. The molecule has 2 heterocycles. The van der Waals surface area contributed by atoms with Gasteiger partial charge in [0.05, 0.1) is 27.4 Å². The third-order valence-corrected chi connectivity index (χ3v) is 8.03. The Morgan fingerprint density at radius 2 is 1.65 bits per heavy atom. The van der Waals surface area contributed by atoms with Gasteiger partial charge < -0.3 is 19.0 Å².